The van der Waals surface area contributed by atoms with Gasteiger partial charge in [0.05, 0.1) is 22.9 Å². The van der Waals surface area contributed by atoms with Crippen molar-refractivity contribution in [3.8, 4) is 22.1 Å². The van der Waals surface area contributed by atoms with E-state index in [9.17, 15) is 4.79 Å². The van der Waals surface area contributed by atoms with Crippen LogP contribution in [0.4, 0.5) is 5.69 Å². The van der Waals surface area contributed by atoms with Crippen LogP contribution >= 0.6 is 23.1 Å². The van der Waals surface area contributed by atoms with Gasteiger partial charge in [0.15, 0.2) is 11.0 Å². The summed E-state index contributed by atoms with van der Waals surface area (Å²) in [4.78, 5) is 13.5. The minimum atomic E-state index is -0.0900. The predicted octanol–water partition coefficient (Wildman–Crippen LogP) is 5.43. The van der Waals surface area contributed by atoms with Gasteiger partial charge in [0.25, 0.3) is 0 Å². The van der Waals surface area contributed by atoms with Crippen LogP contribution in [0.5, 0.6) is 5.75 Å². The number of amides is 1. The summed E-state index contributed by atoms with van der Waals surface area (Å²) in [7, 11) is 0. The third kappa shape index (κ3) is 5.15. The minimum Gasteiger partial charge on any atom is -0.494 e. The molecule has 0 unspecified atom stereocenters. The van der Waals surface area contributed by atoms with E-state index in [2.05, 4.69) is 15.5 Å². The third-order valence-corrected chi connectivity index (χ3v) is 6.24. The van der Waals surface area contributed by atoms with E-state index in [1.54, 1.807) is 11.3 Å². The molecule has 0 saturated heterocycles. The van der Waals surface area contributed by atoms with Crippen LogP contribution in [0, 0.1) is 6.92 Å². The van der Waals surface area contributed by atoms with E-state index in [0.29, 0.717) is 11.8 Å². The molecule has 0 aliphatic rings. The number of hydrogen-bond donors (Lipinski definition) is 1. The van der Waals surface area contributed by atoms with Crippen molar-refractivity contribution < 1.29 is 9.53 Å². The summed E-state index contributed by atoms with van der Waals surface area (Å²) in [6, 6.07) is 19.5. The molecule has 0 fully saturated rings. The molecule has 0 aliphatic heterocycles. The maximum absolute atomic E-state index is 12.5. The number of hydrogen-bond acceptors (Lipinski definition) is 6. The second kappa shape index (κ2) is 9.80. The van der Waals surface area contributed by atoms with Crippen molar-refractivity contribution in [2.24, 2.45) is 0 Å². The second-order valence-electron chi connectivity index (χ2n) is 6.75. The van der Waals surface area contributed by atoms with E-state index in [1.165, 1.54) is 11.8 Å². The Morgan fingerprint density at radius 1 is 1.10 bits per heavy atom. The summed E-state index contributed by atoms with van der Waals surface area (Å²) in [5.74, 6) is 1.70. The van der Waals surface area contributed by atoms with Crippen molar-refractivity contribution in [3.05, 3.63) is 71.6 Å². The molecule has 2 aromatic carbocycles. The molecule has 2 aromatic heterocycles. The lowest BCUT2D eigenvalue weighted by atomic mass is 10.2. The van der Waals surface area contributed by atoms with E-state index < -0.39 is 0 Å². The maximum atomic E-state index is 12.5. The van der Waals surface area contributed by atoms with Gasteiger partial charge in [0.1, 0.15) is 5.75 Å². The van der Waals surface area contributed by atoms with Gasteiger partial charge in [-0.25, -0.2) is 0 Å². The second-order valence-corrected chi connectivity index (χ2v) is 8.64. The van der Waals surface area contributed by atoms with Gasteiger partial charge in [0.2, 0.25) is 5.91 Å². The van der Waals surface area contributed by atoms with Gasteiger partial charge in [-0.2, -0.15) is 0 Å². The first-order valence-electron chi connectivity index (χ1n) is 9.86. The lowest BCUT2D eigenvalue weighted by molar-refractivity contribution is -0.113. The van der Waals surface area contributed by atoms with E-state index in [-0.39, 0.29) is 11.7 Å². The number of aromatic nitrogens is 3. The number of rotatable bonds is 8. The van der Waals surface area contributed by atoms with Gasteiger partial charge in [-0.1, -0.05) is 35.5 Å². The fourth-order valence-electron chi connectivity index (χ4n) is 2.98. The fourth-order valence-corrected chi connectivity index (χ4v) is 4.43. The molecule has 4 rings (SSSR count). The molecular formula is C23H22N4O2S2. The average Bonchev–Trinajstić information content (AvgIpc) is 3.44. The molecule has 2 heterocycles. The molecule has 0 aliphatic carbocycles. The third-order valence-electron chi connectivity index (χ3n) is 4.45. The fraction of sp³-hybridized carbons (Fsp3) is 0.174. The average molecular weight is 451 g/mol. The molecule has 0 saturated carbocycles. The van der Waals surface area contributed by atoms with Gasteiger partial charge >= 0.3 is 0 Å². The van der Waals surface area contributed by atoms with Crippen molar-refractivity contribution in [1.82, 2.24) is 14.8 Å². The number of benzene rings is 2. The molecule has 1 amide bonds. The SMILES string of the molecule is CCOc1ccc(-n2c(SCC(=O)Nc3ccc(C)cc3)nnc2-c2cccs2)cc1. The quantitative estimate of drug-likeness (QED) is 0.362. The molecule has 4 aromatic rings. The number of ether oxygens (including phenoxy) is 1. The minimum absolute atomic E-state index is 0.0900. The highest BCUT2D eigenvalue weighted by atomic mass is 32.2. The molecule has 158 valence electrons. The van der Waals surface area contributed by atoms with E-state index in [1.807, 2.05) is 84.5 Å². The van der Waals surface area contributed by atoms with Crippen LogP contribution in [-0.2, 0) is 4.79 Å². The zero-order chi connectivity index (χ0) is 21.6. The number of nitrogens with zero attached hydrogens (tertiary/aromatic N) is 3. The number of carbonyl (C=O) groups excluding carboxylic acids is 1. The Hall–Kier alpha value is -3.10. The highest BCUT2D eigenvalue weighted by molar-refractivity contribution is 7.99. The smallest absolute Gasteiger partial charge is 0.234 e. The Morgan fingerprint density at radius 3 is 2.55 bits per heavy atom. The number of carbonyl (C=O) groups is 1. The van der Waals surface area contributed by atoms with Gasteiger partial charge in [0, 0.05) is 5.69 Å². The Labute approximate surface area is 189 Å². The lowest BCUT2D eigenvalue weighted by Gasteiger charge is -2.11. The summed E-state index contributed by atoms with van der Waals surface area (Å²) in [5.41, 5.74) is 2.85. The number of thiophene rings is 1. The molecule has 0 bridgehead atoms. The Balaban J connectivity index is 1.55. The van der Waals surface area contributed by atoms with Gasteiger partial charge in [-0.15, -0.1) is 21.5 Å². The first-order chi connectivity index (χ1) is 15.1. The number of thioether (sulfide) groups is 1. The lowest BCUT2D eigenvalue weighted by Crippen LogP contribution is -2.14. The molecule has 0 atom stereocenters. The Morgan fingerprint density at radius 2 is 1.87 bits per heavy atom. The van der Waals surface area contributed by atoms with Crippen molar-refractivity contribution in [1.29, 1.82) is 0 Å². The number of nitrogens with one attached hydrogen (secondary N) is 1. The van der Waals surface area contributed by atoms with Crippen molar-refractivity contribution in [3.63, 3.8) is 0 Å². The molecule has 6 nitrogen and oxygen atoms in total. The predicted molar refractivity (Wildman–Crippen MR) is 126 cm³/mol. The first-order valence-corrected chi connectivity index (χ1v) is 11.7. The van der Waals surface area contributed by atoms with Crippen LogP contribution in [0.25, 0.3) is 16.4 Å². The summed E-state index contributed by atoms with van der Waals surface area (Å²) in [5, 5.41) is 14.4. The van der Waals surface area contributed by atoms with Gasteiger partial charge in [-0.05, 0) is 61.7 Å². The summed E-state index contributed by atoms with van der Waals surface area (Å²) < 4.78 is 7.53. The molecule has 1 N–H and O–H groups in total. The Bertz CT molecular complexity index is 1140. The highest BCUT2D eigenvalue weighted by Gasteiger charge is 2.18. The van der Waals surface area contributed by atoms with Crippen LogP contribution in [0.3, 0.4) is 0 Å². The summed E-state index contributed by atoms with van der Waals surface area (Å²) in [6.07, 6.45) is 0. The molecule has 0 radical (unpaired) electrons. The van der Waals surface area contributed by atoms with Crippen LogP contribution < -0.4 is 10.1 Å². The van der Waals surface area contributed by atoms with Crippen LogP contribution in [-0.4, -0.2) is 33.0 Å². The molecular weight excluding hydrogens is 428 g/mol. The largest absolute Gasteiger partial charge is 0.494 e. The molecule has 0 spiro atoms. The summed E-state index contributed by atoms with van der Waals surface area (Å²) in [6.45, 7) is 4.59. The van der Waals surface area contributed by atoms with Crippen molar-refractivity contribution in [2.45, 2.75) is 19.0 Å². The van der Waals surface area contributed by atoms with Crippen molar-refractivity contribution in [2.75, 3.05) is 17.7 Å². The van der Waals surface area contributed by atoms with Crippen LogP contribution in [0.1, 0.15) is 12.5 Å². The first kappa shape index (κ1) is 21.1. The number of aryl methyl sites for hydroxylation is 1. The highest BCUT2D eigenvalue weighted by Crippen LogP contribution is 2.31. The van der Waals surface area contributed by atoms with E-state index >= 15 is 0 Å². The van der Waals surface area contributed by atoms with Gasteiger partial charge < -0.3 is 10.1 Å². The zero-order valence-corrected chi connectivity index (χ0v) is 18.9. The van der Waals surface area contributed by atoms with E-state index in [0.717, 1.165) is 33.4 Å². The normalized spacial score (nSPS) is 10.8. The van der Waals surface area contributed by atoms with Gasteiger partial charge in [-0.3, -0.25) is 9.36 Å². The molecule has 31 heavy (non-hydrogen) atoms. The van der Waals surface area contributed by atoms with Crippen molar-refractivity contribution >= 4 is 34.7 Å². The van der Waals surface area contributed by atoms with Crippen LogP contribution in [0.2, 0.25) is 0 Å². The summed E-state index contributed by atoms with van der Waals surface area (Å²) >= 11 is 2.96. The molecule has 8 heteroatoms. The monoisotopic (exact) mass is 450 g/mol. The zero-order valence-electron chi connectivity index (χ0n) is 17.2. The van der Waals surface area contributed by atoms with Crippen LogP contribution in [0.15, 0.2) is 71.2 Å². The Kier molecular flexibility index (Phi) is 6.69. The topological polar surface area (TPSA) is 69.0 Å². The standard InChI is InChI=1S/C23H22N4O2S2/c1-3-29-19-12-10-18(11-13-19)27-22(20-5-4-14-30-20)25-26-23(27)31-15-21(28)24-17-8-6-16(2)7-9-17/h4-14H,3,15H2,1-2H3,(H,24,28). The maximum Gasteiger partial charge on any atom is 0.234 e. The van der Waals surface area contributed by atoms with E-state index in [4.69, 9.17) is 4.74 Å². The number of anilines is 1.